The van der Waals surface area contributed by atoms with Gasteiger partial charge < -0.3 is 14.4 Å². The Morgan fingerprint density at radius 3 is 1.71 bits per heavy atom. The van der Waals surface area contributed by atoms with Gasteiger partial charge in [-0.05, 0) is 32.0 Å². The van der Waals surface area contributed by atoms with E-state index >= 15 is 0 Å². The van der Waals surface area contributed by atoms with Crippen LogP contribution in [0.2, 0.25) is 0 Å². The Balaban J connectivity index is 0. The summed E-state index contributed by atoms with van der Waals surface area (Å²) in [5.41, 5.74) is 0. The lowest BCUT2D eigenvalue weighted by molar-refractivity contribution is 0.0484. The number of hydrogen-bond donors (Lipinski definition) is 0. The molecule has 21 heavy (non-hydrogen) atoms. The van der Waals surface area contributed by atoms with Gasteiger partial charge >= 0.3 is 0 Å². The molecule has 0 saturated carbocycles. The van der Waals surface area contributed by atoms with Gasteiger partial charge in [0, 0.05) is 20.2 Å². The van der Waals surface area contributed by atoms with Gasteiger partial charge in [-0.2, -0.15) is 0 Å². The van der Waals surface area contributed by atoms with Crippen molar-refractivity contribution >= 4 is 0 Å². The predicted octanol–water partition coefficient (Wildman–Crippen LogP) is 4.47. The molecular weight excluding hydrogens is 262 g/mol. The summed E-state index contributed by atoms with van der Waals surface area (Å²) in [4.78, 5) is 2.34. The van der Waals surface area contributed by atoms with Crippen LogP contribution in [0.1, 0.15) is 40.5 Å². The van der Waals surface area contributed by atoms with Crippen LogP contribution in [0, 0.1) is 0 Å². The highest BCUT2D eigenvalue weighted by Crippen LogP contribution is 2.10. The van der Waals surface area contributed by atoms with Crippen LogP contribution in [0.15, 0.2) is 30.3 Å². The molecule has 124 valence electrons. The number of likely N-dealkylation sites (tertiary alicyclic amines) is 1. The summed E-state index contributed by atoms with van der Waals surface area (Å²) in [6, 6.07) is 9.68. The molecule has 0 atom stereocenters. The molecule has 1 aromatic carbocycles. The summed E-state index contributed by atoms with van der Waals surface area (Å²) in [5, 5.41) is 0. The number of hydrogen-bond acceptors (Lipinski definition) is 3. The van der Waals surface area contributed by atoms with E-state index in [0.717, 1.165) is 5.75 Å². The van der Waals surface area contributed by atoms with Crippen molar-refractivity contribution in [2.45, 2.75) is 46.6 Å². The molecule has 1 saturated heterocycles. The van der Waals surface area contributed by atoms with E-state index in [2.05, 4.69) is 11.9 Å². The van der Waals surface area contributed by atoms with Gasteiger partial charge in [-0.15, -0.1) is 0 Å². The van der Waals surface area contributed by atoms with Crippen LogP contribution >= 0.6 is 0 Å². The molecule has 0 aliphatic carbocycles. The minimum absolute atomic E-state index is 0.529. The topological polar surface area (TPSA) is 21.7 Å². The minimum atomic E-state index is 0.529. The molecule has 0 aromatic heterocycles. The fourth-order valence-electron chi connectivity index (χ4n) is 1.78. The van der Waals surface area contributed by atoms with E-state index in [1.165, 1.54) is 25.9 Å². The van der Waals surface area contributed by atoms with E-state index in [-0.39, 0.29) is 0 Å². The molecule has 1 aliphatic rings. The van der Waals surface area contributed by atoms with Crippen LogP contribution in [0.25, 0.3) is 0 Å². The average Bonchev–Trinajstić information content (AvgIpc) is 2.60. The number of para-hydroxylation sites is 1. The second-order valence-corrected chi connectivity index (χ2v) is 4.26. The van der Waals surface area contributed by atoms with E-state index in [9.17, 15) is 0 Å². The van der Waals surface area contributed by atoms with Gasteiger partial charge in [0.1, 0.15) is 5.75 Å². The molecular formula is C18H35NO2. The van der Waals surface area contributed by atoms with Crippen LogP contribution in [-0.2, 0) is 4.74 Å². The molecule has 1 heterocycles. The van der Waals surface area contributed by atoms with E-state index in [4.69, 9.17) is 9.47 Å². The van der Waals surface area contributed by atoms with Crippen molar-refractivity contribution in [3.8, 4) is 5.75 Å². The Morgan fingerprint density at radius 1 is 0.905 bits per heavy atom. The molecule has 0 unspecified atom stereocenters. The zero-order valence-corrected chi connectivity index (χ0v) is 15.1. The predicted molar refractivity (Wildman–Crippen MR) is 93.2 cm³/mol. The lowest BCUT2D eigenvalue weighted by atomic mass is 10.1. The third kappa shape index (κ3) is 12.4. The van der Waals surface area contributed by atoms with Crippen LogP contribution < -0.4 is 4.74 Å². The Hall–Kier alpha value is -1.06. The van der Waals surface area contributed by atoms with E-state index in [0.29, 0.717) is 6.10 Å². The summed E-state index contributed by atoms with van der Waals surface area (Å²) < 4.78 is 10.1. The van der Waals surface area contributed by atoms with Gasteiger partial charge in [-0.1, -0.05) is 45.9 Å². The molecule has 0 N–H and O–H groups in total. The van der Waals surface area contributed by atoms with Gasteiger partial charge in [0.05, 0.1) is 13.2 Å². The molecule has 0 bridgehead atoms. The van der Waals surface area contributed by atoms with Crippen molar-refractivity contribution < 1.29 is 9.47 Å². The SMILES string of the molecule is CC.CC.COC1CCN(C)CC1.COc1ccccc1. The van der Waals surface area contributed by atoms with Crippen LogP contribution in [0.4, 0.5) is 0 Å². The summed E-state index contributed by atoms with van der Waals surface area (Å²) in [7, 11) is 5.62. The third-order valence-corrected chi connectivity index (χ3v) is 2.98. The molecule has 1 aromatic rings. The fourth-order valence-corrected chi connectivity index (χ4v) is 1.78. The van der Waals surface area contributed by atoms with Crippen LogP contribution in [0.5, 0.6) is 5.75 Å². The maximum atomic E-state index is 5.21. The normalized spacial score (nSPS) is 14.4. The summed E-state index contributed by atoms with van der Waals surface area (Å²) in [6.45, 7) is 10.4. The lowest BCUT2D eigenvalue weighted by Crippen LogP contribution is -2.33. The summed E-state index contributed by atoms with van der Waals surface area (Å²) >= 11 is 0. The first-order valence-corrected chi connectivity index (χ1v) is 8.06. The standard InChI is InChI=1S/C7H15NO.C7H8O.2C2H6/c1-8-5-3-7(9-2)4-6-8;1-8-7-5-3-2-4-6-7;2*1-2/h7H,3-6H2,1-2H3;2-6H,1H3;2*1-2H3. The summed E-state index contributed by atoms with van der Waals surface area (Å²) in [6.07, 6.45) is 2.93. The first-order chi connectivity index (χ1) is 10.3. The number of ether oxygens (including phenoxy) is 2. The molecule has 3 nitrogen and oxygen atoms in total. The summed E-state index contributed by atoms with van der Waals surface area (Å²) in [5.74, 6) is 0.910. The highest BCUT2D eigenvalue weighted by molar-refractivity contribution is 5.20. The monoisotopic (exact) mass is 297 g/mol. The maximum Gasteiger partial charge on any atom is 0.118 e. The van der Waals surface area contributed by atoms with Crippen molar-refractivity contribution in [3.05, 3.63) is 30.3 Å². The Kier molecular flexibility index (Phi) is 18.0. The average molecular weight is 297 g/mol. The molecule has 3 heteroatoms. The minimum Gasteiger partial charge on any atom is -0.497 e. The zero-order chi connectivity index (χ0) is 16.5. The highest BCUT2D eigenvalue weighted by atomic mass is 16.5. The molecule has 0 amide bonds. The van der Waals surface area contributed by atoms with Gasteiger partial charge in [-0.3, -0.25) is 0 Å². The van der Waals surface area contributed by atoms with E-state index in [1.54, 1.807) is 14.2 Å². The molecule has 0 radical (unpaired) electrons. The first-order valence-electron chi connectivity index (χ1n) is 8.06. The Morgan fingerprint density at radius 2 is 1.38 bits per heavy atom. The highest BCUT2D eigenvalue weighted by Gasteiger charge is 2.14. The Labute approximate surface area is 132 Å². The number of rotatable bonds is 2. The Bertz CT molecular complexity index is 283. The number of nitrogens with zero attached hydrogens (tertiary/aromatic N) is 1. The smallest absolute Gasteiger partial charge is 0.118 e. The lowest BCUT2D eigenvalue weighted by Gasteiger charge is -2.27. The van der Waals surface area contributed by atoms with Crippen LogP contribution in [-0.4, -0.2) is 45.4 Å². The number of methoxy groups -OCH3 is 2. The largest absolute Gasteiger partial charge is 0.497 e. The van der Waals surface area contributed by atoms with Gasteiger partial charge in [0.2, 0.25) is 0 Å². The van der Waals surface area contributed by atoms with Crippen molar-refractivity contribution in [1.29, 1.82) is 0 Å². The molecule has 1 fully saturated rings. The van der Waals surface area contributed by atoms with Crippen molar-refractivity contribution in [2.75, 3.05) is 34.4 Å². The molecule has 2 rings (SSSR count). The second kappa shape index (κ2) is 17.0. The van der Waals surface area contributed by atoms with Crippen molar-refractivity contribution in [1.82, 2.24) is 4.90 Å². The van der Waals surface area contributed by atoms with Crippen molar-refractivity contribution in [2.24, 2.45) is 0 Å². The quantitative estimate of drug-likeness (QED) is 0.803. The molecule has 0 spiro atoms. The third-order valence-electron chi connectivity index (χ3n) is 2.98. The van der Waals surface area contributed by atoms with E-state index in [1.807, 2.05) is 58.0 Å². The van der Waals surface area contributed by atoms with Crippen LogP contribution in [0.3, 0.4) is 0 Å². The number of benzene rings is 1. The fraction of sp³-hybridized carbons (Fsp3) is 0.667. The maximum absolute atomic E-state index is 5.21. The number of piperidine rings is 1. The van der Waals surface area contributed by atoms with Crippen molar-refractivity contribution in [3.63, 3.8) is 0 Å². The van der Waals surface area contributed by atoms with E-state index < -0.39 is 0 Å². The van der Waals surface area contributed by atoms with Gasteiger partial charge in [0.25, 0.3) is 0 Å². The first kappa shape index (κ1) is 22.2. The molecule has 1 aliphatic heterocycles. The second-order valence-electron chi connectivity index (χ2n) is 4.26. The van der Waals surface area contributed by atoms with Gasteiger partial charge in [0.15, 0.2) is 0 Å². The zero-order valence-electron chi connectivity index (χ0n) is 15.1. The van der Waals surface area contributed by atoms with Gasteiger partial charge in [-0.25, -0.2) is 0 Å².